The molecule has 0 radical (unpaired) electrons. The Labute approximate surface area is 116 Å². The van der Waals surface area contributed by atoms with Crippen LogP contribution in [0.2, 0.25) is 10.0 Å². The van der Waals surface area contributed by atoms with E-state index in [0.29, 0.717) is 31.6 Å². The molecule has 2 aromatic rings. The number of nitrogens with zero attached hydrogens (tertiary/aromatic N) is 1. The molecule has 0 aliphatic carbocycles. The van der Waals surface area contributed by atoms with Crippen molar-refractivity contribution >= 4 is 39.1 Å². The molecule has 0 unspecified atom stereocenters. The second kappa shape index (κ2) is 4.80. The lowest BCUT2D eigenvalue weighted by atomic mass is 10.2. The Bertz CT molecular complexity index is 640. The van der Waals surface area contributed by atoms with E-state index in [1.165, 1.54) is 0 Å². The average Bonchev–Trinajstić information content (AvgIpc) is 2.25. The van der Waals surface area contributed by atoms with E-state index in [-0.39, 0.29) is 5.56 Å². The number of nitrogens with one attached hydrogen (secondary N) is 1. The molecule has 1 aromatic heterocycles. The SMILES string of the molecule is Cc1nc(-c2ccc(Cl)cc2Cl)[nH]c(=O)c1Br. The molecule has 0 amide bonds. The molecular formula is C11H7BrCl2N2O. The van der Waals surface area contributed by atoms with Crippen molar-refractivity contribution in [2.24, 2.45) is 0 Å². The second-order valence-electron chi connectivity index (χ2n) is 3.44. The quantitative estimate of drug-likeness (QED) is 0.862. The van der Waals surface area contributed by atoms with Crippen molar-refractivity contribution < 1.29 is 0 Å². The highest BCUT2D eigenvalue weighted by molar-refractivity contribution is 9.10. The van der Waals surface area contributed by atoms with Crippen LogP contribution in [-0.2, 0) is 0 Å². The summed E-state index contributed by atoms with van der Waals surface area (Å²) < 4.78 is 0.423. The van der Waals surface area contributed by atoms with Crippen molar-refractivity contribution in [1.29, 1.82) is 0 Å². The minimum Gasteiger partial charge on any atom is -0.305 e. The molecule has 1 heterocycles. The molecule has 0 spiro atoms. The number of hydrogen-bond acceptors (Lipinski definition) is 2. The molecule has 1 N–H and O–H groups in total. The van der Waals surface area contributed by atoms with Crippen molar-refractivity contribution in [3.63, 3.8) is 0 Å². The van der Waals surface area contributed by atoms with Crippen molar-refractivity contribution in [3.05, 3.63) is 48.8 Å². The van der Waals surface area contributed by atoms with Crippen LogP contribution in [0.4, 0.5) is 0 Å². The summed E-state index contributed by atoms with van der Waals surface area (Å²) in [6.07, 6.45) is 0. The summed E-state index contributed by atoms with van der Waals surface area (Å²) in [7, 11) is 0. The molecule has 17 heavy (non-hydrogen) atoms. The number of hydrogen-bond donors (Lipinski definition) is 1. The summed E-state index contributed by atoms with van der Waals surface area (Å²) in [6, 6.07) is 5.02. The molecule has 2 rings (SSSR count). The second-order valence-corrected chi connectivity index (χ2v) is 5.07. The summed E-state index contributed by atoms with van der Waals surface area (Å²) in [5.74, 6) is 0.428. The Hall–Kier alpha value is -0.840. The fourth-order valence-electron chi connectivity index (χ4n) is 1.38. The first-order valence-electron chi connectivity index (χ1n) is 4.71. The van der Waals surface area contributed by atoms with E-state index < -0.39 is 0 Å². The first-order chi connectivity index (χ1) is 7.99. The summed E-state index contributed by atoms with van der Waals surface area (Å²) in [5, 5.41) is 0.984. The van der Waals surface area contributed by atoms with Gasteiger partial charge in [-0.15, -0.1) is 0 Å². The molecule has 0 bridgehead atoms. The Morgan fingerprint density at radius 1 is 1.35 bits per heavy atom. The molecule has 3 nitrogen and oxygen atoms in total. The molecule has 0 atom stereocenters. The molecule has 0 saturated carbocycles. The summed E-state index contributed by atoms with van der Waals surface area (Å²) in [5.41, 5.74) is 1.01. The van der Waals surface area contributed by atoms with Crippen molar-refractivity contribution in [1.82, 2.24) is 9.97 Å². The van der Waals surface area contributed by atoms with E-state index in [4.69, 9.17) is 23.2 Å². The summed E-state index contributed by atoms with van der Waals surface area (Å²) in [4.78, 5) is 18.5. The average molecular weight is 334 g/mol. The Kier molecular flexibility index (Phi) is 3.56. The van der Waals surface area contributed by atoms with Gasteiger partial charge in [0, 0.05) is 10.6 Å². The standard InChI is InChI=1S/C11H7BrCl2N2O/c1-5-9(12)11(17)16-10(15-5)7-3-2-6(13)4-8(7)14/h2-4H,1H3,(H,15,16,17). The maximum absolute atomic E-state index is 11.6. The number of halogens is 3. The molecule has 0 saturated heterocycles. The van der Waals surface area contributed by atoms with Crippen LogP contribution in [-0.4, -0.2) is 9.97 Å². The van der Waals surface area contributed by atoms with Crippen LogP contribution in [0.3, 0.4) is 0 Å². The Balaban J connectivity index is 2.65. The fraction of sp³-hybridized carbons (Fsp3) is 0.0909. The van der Waals surface area contributed by atoms with E-state index in [1.807, 2.05) is 0 Å². The van der Waals surface area contributed by atoms with Crippen LogP contribution in [0.25, 0.3) is 11.4 Å². The van der Waals surface area contributed by atoms with Gasteiger partial charge in [-0.3, -0.25) is 4.79 Å². The predicted molar refractivity (Wildman–Crippen MR) is 72.8 cm³/mol. The number of aromatic nitrogens is 2. The normalized spacial score (nSPS) is 10.6. The lowest BCUT2D eigenvalue weighted by molar-refractivity contribution is 1.05. The topological polar surface area (TPSA) is 45.8 Å². The van der Waals surface area contributed by atoms with Crippen LogP contribution in [0.1, 0.15) is 5.69 Å². The van der Waals surface area contributed by atoms with Gasteiger partial charge in [0.1, 0.15) is 10.3 Å². The summed E-state index contributed by atoms with van der Waals surface area (Å²) in [6.45, 7) is 1.74. The fourth-order valence-corrected chi connectivity index (χ4v) is 2.07. The monoisotopic (exact) mass is 332 g/mol. The highest BCUT2D eigenvalue weighted by atomic mass is 79.9. The third-order valence-corrected chi connectivity index (χ3v) is 3.70. The molecule has 0 aliphatic rings. The van der Waals surface area contributed by atoms with Crippen molar-refractivity contribution in [3.8, 4) is 11.4 Å². The maximum atomic E-state index is 11.6. The van der Waals surface area contributed by atoms with Gasteiger partial charge < -0.3 is 4.98 Å². The molecule has 88 valence electrons. The first kappa shape index (κ1) is 12.6. The van der Waals surface area contributed by atoms with Gasteiger partial charge in [-0.25, -0.2) is 4.98 Å². The minimum atomic E-state index is -0.237. The van der Waals surface area contributed by atoms with Gasteiger partial charge in [0.25, 0.3) is 5.56 Å². The van der Waals surface area contributed by atoms with Crippen molar-refractivity contribution in [2.45, 2.75) is 6.92 Å². The zero-order valence-corrected chi connectivity index (χ0v) is 11.8. The first-order valence-corrected chi connectivity index (χ1v) is 6.26. The van der Waals surface area contributed by atoms with Crippen molar-refractivity contribution in [2.75, 3.05) is 0 Å². The van der Waals surface area contributed by atoms with Gasteiger partial charge in [-0.1, -0.05) is 23.2 Å². The van der Waals surface area contributed by atoms with E-state index in [2.05, 4.69) is 25.9 Å². The highest BCUT2D eigenvalue weighted by Gasteiger charge is 2.10. The third-order valence-electron chi connectivity index (χ3n) is 2.21. The van der Waals surface area contributed by atoms with Gasteiger partial charge in [-0.2, -0.15) is 0 Å². The van der Waals surface area contributed by atoms with Gasteiger partial charge in [0.2, 0.25) is 0 Å². The van der Waals surface area contributed by atoms with Crippen LogP contribution in [0, 0.1) is 6.92 Å². The Morgan fingerprint density at radius 3 is 2.65 bits per heavy atom. The largest absolute Gasteiger partial charge is 0.305 e. The minimum absolute atomic E-state index is 0.237. The van der Waals surface area contributed by atoms with Gasteiger partial charge in [-0.05, 0) is 41.1 Å². The van der Waals surface area contributed by atoms with Crippen LogP contribution in [0.15, 0.2) is 27.5 Å². The zero-order chi connectivity index (χ0) is 12.6. The highest BCUT2D eigenvalue weighted by Crippen LogP contribution is 2.28. The third kappa shape index (κ3) is 2.54. The maximum Gasteiger partial charge on any atom is 0.265 e. The van der Waals surface area contributed by atoms with Crippen LogP contribution in [0.5, 0.6) is 0 Å². The van der Waals surface area contributed by atoms with Crippen LogP contribution < -0.4 is 5.56 Å². The number of aromatic amines is 1. The summed E-state index contributed by atoms with van der Waals surface area (Å²) >= 11 is 15.0. The van der Waals surface area contributed by atoms with Gasteiger partial charge >= 0.3 is 0 Å². The van der Waals surface area contributed by atoms with E-state index >= 15 is 0 Å². The van der Waals surface area contributed by atoms with E-state index in [1.54, 1.807) is 25.1 Å². The molecular weight excluding hydrogens is 327 g/mol. The molecule has 6 heteroatoms. The number of aryl methyl sites for hydroxylation is 1. The molecule has 1 aromatic carbocycles. The van der Waals surface area contributed by atoms with E-state index in [9.17, 15) is 4.79 Å². The Morgan fingerprint density at radius 2 is 2.06 bits per heavy atom. The number of benzene rings is 1. The number of H-pyrrole nitrogens is 1. The van der Waals surface area contributed by atoms with Gasteiger partial charge in [0.15, 0.2) is 0 Å². The number of rotatable bonds is 1. The van der Waals surface area contributed by atoms with Crippen LogP contribution >= 0.6 is 39.1 Å². The molecule has 0 fully saturated rings. The molecule has 0 aliphatic heterocycles. The zero-order valence-electron chi connectivity index (χ0n) is 8.72. The lowest BCUT2D eigenvalue weighted by Crippen LogP contribution is -2.11. The van der Waals surface area contributed by atoms with Gasteiger partial charge in [0.05, 0.1) is 10.7 Å². The lowest BCUT2D eigenvalue weighted by Gasteiger charge is -2.05. The predicted octanol–water partition coefficient (Wildman–Crippen LogP) is 3.81. The smallest absolute Gasteiger partial charge is 0.265 e. The van der Waals surface area contributed by atoms with E-state index in [0.717, 1.165) is 0 Å².